The lowest BCUT2D eigenvalue weighted by atomic mass is 10.1. The van der Waals surface area contributed by atoms with Gasteiger partial charge in [0.15, 0.2) is 5.82 Å². The second kappa shape index (κ2) is 5.56. The third-order valence-electron chi connectivity index (χ3n) is 3.66. The first-order chi connectivity index (χ1) is 8.90. The molecule has 0 bridgehead atoms. The molecule has 19 heavy (non-hydrogen) atoms. The van der Waals surface area contributed by atoms with Crippen LogP contribution in [-0.2, 0) is 12.1 Å². The van der Waals surface area contributed by atoms with E-state index in [2.05, 4.69) is 33.8 Å². The van der Waals surface area contributed by atoms with Gasteiger partial charge in [0.2, 0.25) is 5.89 Å². The normalized spacial score (nSPS) is 22.9. The summed E-state index contributed by atoms with van der Waals surface area (Å²) in [5, 5.41) is 3.95. The van der Waals surface area contributed by atoms with Crippen molar-refractivity contribution in [3.8, 4) is 0 Å². The molecule has 0 saturated carbocycles. The average molecular weight is 267 g/mol. The average Bonchev–Trinajstić information content (AvgIpc) is 2.77. The van der Waals surface area contributed by atoms with E-state index >= 15 is 0 Å². The van der Waals surface area contributed by atoms with Gasteiger partial charge in [-0.3, -0.25) is 9.80 Å². The lowest BCUT2D eigenvalue weighted by Gasteiger charge is -2.38. The highest BCUT2D eigenvalue weighted by Crippen LogP contribution is 2.15. The number of nitrogens with two attached hydrogens (primary N) is 1. The van der Waals surface area contributed by atoms with Gasteiger partial charge in [0.25, 0.3) is 0 Å². The monoisotopic (exact) mass is 267 g/mol. The van der Waals surface area contributed by atoms with E-state index in [-0.39, 0.29) is 0 Å². The molecule has 2 N–H and O–H groups in total. The maximum Gasteiger partial charge on any atom is 0.240 e. The molecule has 1 atom stereocenters. The molecule has 2 rings (SSSR count). The Morgan fingerprint density at radius 3 is 2.68 bits per heavy atom. The summed E-state index contributed by atoms with van der Waals surface area (Å²) in [5.41, 5.74) is 5.41. The van der Waals surface area contributed by atoms with Gasteiger partial charge in [-0.25, -0.2) is 0 Å². The van der Waals surface area contributed by atoms with Crippen LogP contribution in [0.25, 0.3) is 0 Å². The molecule has 0 aromatic carbocycles. The van der Waals surface area contributed by atoms with E-state index in [0.29, 0.717) is 24.3 Å². The molecule has 1 unspecified atom stereocenters. The van der Waals surface area contributed by atoms with Crippen molar-refractivity contribution in [2.24, 2.45) is 5.73 Å². The van der Waals surface area contributed by atoms with E-state index in [1.54, 1.807) is 0 Å². The molecular formula is C13H25N5O. The van der Waals surface area contributed by atoms with Crippen molar-refractivity contribution in [1.29, 1.82) is 0 Å². The van der Waals surface area contributed by atoms with Crippen molar-refractivity contribution in [3.05, 3.63) is 11.7 Å². The van der Waals surface area contributed by atoms with Crippen molar-refractivity contribution in [2.45, 2.75) is 45.8 Å². The number of rotatable bonds is 4. The lowest BCUT2D eigenvalue weighted by molar-refractivity contribution is 0.0762. The van der Waals surface area contributed by atoms with Gasteiger partial charge in [0, 0.05) is 25.7 Å². The van der Waals surface area contributed by atoms with Crippen molar-refractivity contribution >= 4 is 0 Å². The molecule has 2 heterocycles. The van der Waals surface area contributed by atoms with E-state index in [1.165, 1.54) is 0 Å². The fourth-order valence-corrected chi connectivity index (χ4v) is 2.46. The van der Waals surface area contributed by atoms with E-state index in [1.807, 2.05) is 13.8 Å². The molecule has 0 radical (unpaired) electrons. The van der Waals surface area contributed by atoms with Crippen LogP contribution in [0.2, 0.25) is 0 Å². The topological polar surface area (TPSA) is 71.4 Å². The Balaban J connectivity index is 1.93. The minimum atomic E-state index is -0.546. The highest BCUT2D eigenvalue weighted by molar-refractivity contribution is 4.99. The van der Waals surface area contributed by atoms with E-state index in [9.17, 15) is 0 Å². The number of aromatic nitrogens is 2. The maximum absolute atomic E-state index is 5.96. The van der Waals surface area contributed by atoms with Crippen LogP contribution in [0.15, 0.2) is 4.52 Å². The number of hydrogen-bond donors (Lipinski definition) is 1. The van der Waals surface area contributed by atoms with Crippen LogP contribution in [0, 0.1) is 0 Å². The first-order valence-electron chi connectivity index (χ1n) is 6.98. The number of likely N-dealkylation sites (N-methyl/N-ethyl adjacent to an activating group) is 1. The molecule has 6 nitrogen and oxygen atoms in total. The molecule has 1 saturated heterocycles. The van der Waals surface area contributed by atoms with Crippen molar-refractivity contribution in [1.82, 2.24) is 19.9 Å². The summed E-state index contributed by atoms with van der Waals surface area (Å²) in [6, 6.07) is 0.576. The van der Waals surface area contributed by atoms with Gasteiger partial charge < -0.3 is 10.3 Å². The maximum atomic E-state index is 5.96. The second-order valence-corrected chi connectivity index (χ2v) is 5.95. The fourth-order valence-electron chi connectivity index (χ4n) is 2.46. The van der Waals surface area contributed by atoms with Crippen molar-refractivity contribution in [2.75, 3.05) is 26.2 Å². The van der Waals surface area contributed by atoms with Crippen molar-refractivity contribution < 1.29 is 4.52 Å². The summed E-state index contributed by atoms with van der Waals surface area (Å²) >= 11 is 0. The highest BCUT2D eigenvalue weighted by atomic mass is 16.5. The predicted octanol–water partition coefficient (Wildman–Crippen LogP) is 0.789. The minimum Gasteiger partial charge on any atom is -0.338 e. The van der Waals surface area contributed by atoms with Crippen LogP contribution < -0.4 is 5.73 Å². The predicted molar refractivity (Wildman–Crippen MR) is 73.5 cm³/mol. The van der Waals surface area contributed by atoms with Gasteiger partial charge in [-0.2, -0.15) is 4.98 Å². The highest BCUT2D eigenvalue weighted by Gasteiger charge is 2.25. The Hall–Kier alpha value is -0.980. The van der Waals surface area contributed by atoms with Gasteiger partial charge in [-0.1, -0.05) is 12.1 Å². The van der Waals surface area contributed by atoms with Gasteiger partial charge in [-0.15, -0.1) is 0 Å². The molecule has 108 valence electrons. The molecular weight excluding hydrogens is 242 g/mol. The van der Waals surface area contributed by atoms with Gasteiger partial charge in [0.05, 0.1) is 12.1 Å². The molecule has 1 aromatic heterocycles. The summed E-state index contributed by atoms with van der Waals surface area (Å²) < 4.78 is 5.29. The Morgan fingerprint density at radius 1 is 1.42 bits per heavy atom. The number of hydrogen-bond acceptors (Lipinski definition) is 6. The van der Waals surface area contributed by atoms with E-state index < -0.39 is 5.54 Å². The molecule has 1 aromatic rings. The Kier molecular flexibility index (Phi) is 4.23. The third-order valence-corrected chi connectivity index (χ3v) is 3.66. The third kappa shape index (κ3) is 3.52. The molecule has 0 amide bonds. The Bertz CT molecular complexity index is 411. The SMILES string of the molecule is CCN1CCN(Cc2nc(C(C)(C)N)no2)CC1C. The van der Waals surface area contributed by atoms with Crippen LogP contribution >= 0.6 is 0 Å². The summed E-state index contributed by atoms with van der Waals surface area (Å²) in [6.07, 6.45) is 0. The molecule has 6 heteroatoms. The summed E-state index contributed by atoms with van der Waals surface area (Å²) in [7, 11) is 0. The Labute approximate surface area is 114 Å². The zero-order chi connectivity index (χ0) is 14.0. The van der Waals surface area contributed by atoms with Gasteiger partial charge in [-0.05, 0) is 27.3 Å². The van der Waals surface area contributed by atoms with Crippen LogP contribution in [-0.4, -0.2) is 52.2 Å². The summed E-state index contributed by atoms with van der Waals surface area (Å²) in [4.78, 5) is 9.23. The standard InChI is InChI=1S/C13H25N5O/c1-5-18-7-6-17(8-10(18)2)9-11-15-12(16-19-11)13(3,4)14/h10H,5-9,14H2,1-4H3. The number of nitrogens with zero attached hydrogens (tertiary/aromatic N) is 4. The van der Waals surface area contributed by atoms with Crippen molar-refractivity contribution in [3.63, 3.8) is 0 Å². The minimum absolute atomic E-state index is 0.546. The van der Waals surface area contributed by atoms with Gasteiger partial charge in [0.1, 0.15) is 0 Å². The van der Waals surface area contributed by atoms with Crippen LogP contribution in [0.3, 0.4) is 0 Å². The Morgan fingerprint density at radius 2 is 2.16 bits per heavy atom. The van der Waals surface area contributed by atoms with Crippen LogP contribution in [0.4, 0.5) is 0 Å². The first kappa shape index (κ1) is 14.4. The van der Waals surface area contributed by atoms with Gasteiger partial charge >= 0.3 is 0 Å². The van der Waals surface area contributed by atoms with E-state index in [0.717, 1.165) is 26.2 Å². The number of piperazine rings is 1. The smallest absolute Gasteiger partial charge is 0.240 e. The fraction of sp³-hybridized carbons (Fsp3) is 0.846. The molecule has 1 fully saturated rings. The quantitative estimate of drug-likeness (QED) is 0.869. The largest absolute Gasteiger partial charge is 0.338 e. The second-order valence-electron chi connectivity index (χ2n) is 5.95. The van der Waals surface area contributed by atoms with E-state index in [4.69, 9.17) is 10.3 Å². The summed E-state index contributed by atoms with van der Waals surface area (Å²) in [6.45, 7) is 13.2. The zero-order valence-corrected chi connectivity index (χ0v) is 12.4. The zero-order valence-electron chi connectivity index (χ0n) is 12.4. The first-order valence-corrected chi connectivity index (χ1v) is 6.98. The molecule has 0 aliphatic carbocycles. The van der Waals surface area contributed by atoms with Crippen LogP contribution in [0.5, 0.6) is 0 Å². The molecule has 1 aliphatic rings. The molecule has 1 aliphatic heterocycles. The lowest BCUT2D eigenvalue weighted by Crippen LogP contribution is -2.51. The van der Waals surface area contributed by atoms with Crippen LogP contribution in [0.1, 0.15) is 39.4 Å². The molecule has 0 spiro atoms. The summed E-state index contributed by atoms with van der Waals surface area (Å²) in [5.74, 6) is 1.23.